The lowest BCUT2D eigenvalue weighted by Crippen LogP contribution is -2.56. The van der Waals surface area contributed by atoms with Crippen LogP contribution < -0.4 is 4.74 Å². The summed E-state index contributed by atoms with van der Waals surface area (Å²) in [6.07, 6.45) is 11.6. The van der Waals surface area contributed by atoms with E-state index in [1.807, 2.05) is 27.7 Å². The molecule has 5 nitrogen and oxygen atoms in total. The second-order valence-corrected chi connectivity index (χ2v) is 9.70. The molecule has 1 aromatic carbocycles. The first-order chi connectivity index (χ1) is 16.1. The van der Waals surface area contributed by atoms with E-state index in [0.29, 0.717) is 18.1 Å². The van der Waals surface area contributed by atoms with Gasteiger partial charge in [-0.3, -0.25) is 4.90 Å². The smallest absolute Gasteiger partial charge is 0.340 e. The average Bonchev–Trinajstić information content (AvgIpc) is 2.96. The van der Waals surface area contributed by atoms with Crippen LogP contribution in [0.15, 0.2) is 12.1 Å². The maximum atomic E-state index is 12.9. The van der Waals surface area contributed by atoms with Gasteiger partial charge < -0.3 is 14.5 Å². The van der Waals surface area contributed by atoms with Crippen molar-refractivity contribution in [2.45, 2.75) is 97.6 Å². The number of nitrogens with zero attached hydrogens (tertiary/aromatic N) is 1. The van der Waals surface area contributed by atoms with Crippen LogP contribution in [0.25, 0.3) is 10.9 Å². The largest absolute Gasteiger partial charge is 0.472 e. The van der Waals surface area contributed by atoms with Crippen molar-refractivity contribution in [2.24, 2.45) is 5.92 Å². The number of esters is 1. The first-order valence-electron chi connectivity index (χ1n) is 13.4. The number of hydrogen-bond donors (Lipinski definition) is 1. The molecule has 1 spiro atoms. The lowest BCUT2D eigenvalue weighted by Gasteiger charge is -2.46. The standard InChI is InChI=1S/C26H36N2O3.C2H6/c1-3-17-30-25(29)23-18(2)27-21-12-13-22-20(24(21)23)11-10-19-9-5-8-16-28-15-7-4-6-14-26(19,28)31-22;1-2/h12-13,19,27H,3-11,14-17H2,1-2H3;1-2H3. The molecule has 0 aliphatic carbocycles. The second kappa shape index (κ2) is 10.5. The molecule has 2 saturated heterocycles. The Hall–Kier alpha value is -2.01. The van der Waals surface area contributed by atoms with E-state index in [1.165, 1.54) is 44.1 Å². The molecular formula is C28H42N2O3. The summed E-state index contributed by atoms with van der Waals surface area (Å²) in [5, 5.41) is 1.02. The monoisotopic (exact) mass is 454 g/mol. The third-order valence-electron chi connectivity index (χ3n) is 7.75. The zero-order valence-electron chi connectivity index (χ0n) is 21.1. The van der Waals surface area contributed by atoms with Gasteiger partial charge in [-0.05, 0) is 64.0 Å². The number of rotatable bonds is 3. The normalized spacial score (nSPS) is 25.2. The van der Waals surface area contributed by atoms with Crippen molar-refractivity contribution in [1.82, 2.24) is 9.88 Å². The van der Waals surface area contributed by atoms with Gasteiger partial charge in [0, 0.05) is 47.6 Å². The fourth-order valence-corrected chi connectivity index (χ4v) is 6.30. The number of benzene rings is 1. The molecule has 5 rings (SSSR count). The van der Waals surface area contributed by atoms with Gasteiger partial charge in [-0.25, -0.2) is 4.79 Å². The van der Waals surface area contributed by atoms with Crippen molar-refractivity contribution >= 4 is 16.9 Å². The summed E-state index contributed by atoms with van der Waals surface area (Å²) in [5.41, 5.74) is 3.61. The molecule has 5 heteroatoms. The molecule has 2 unspecified atom stereocenters. The Morgan fingerprint density at radius 3 is 2.73 bits per heavy atom. The lowest BCUT2D eigenvalue weighted by atomic mass is 9.83. The molecule has 1 N–H and O–H groups in total. The predicted molar refractivity (Wildman–Crippen MR) is 134 cm³/mol. The van der Waals surface area contributed by atoms with Crippen molar-refractivity contribution in [3.8, 4) is 5.75 Å². The Balaban J connectivity index is 0.00000126. The highest BCUT2D eigenvalue weighted by atomic mass is 16.5. The summed E-state index contributed by atoms with van der Waals surface area (Å²) < 4.78 is 12.7. The van der Waals surface area contributed by atoms with Gasteiger partial charge in [0.1, 0.15) is 5.75 Å². The van der Waals surface area contributed by atoms with Crippen LogP contribution in [0.4, 0.5) is 0 Å². The van der Waals surface area contributed by atoms with Gasteiger partial charge in [-0.15, -0.1) is 0 Å². The van der Waals surface area contributed by atoms with Crippen LogP contribution in [-0.4, -0.2) is 41.3 Å². The number of fused-ring (bicyclic) bond motifs is 3. The van der Waals surface area contributed by atoms with Crippen molar-refractivity contribution in [3.05, 3.63) is 29.0 Å². The van der Waals surface area contributed by atoms with Gasteiger partial charge in [-0.1, -0.05) is 33.6 Å². The molecule has 2 aromatic rings. The van der Waals surface area contributed by atoms with E-state index in [0.717, 1.165) is 61.1 Å². The Kier molecular flexibility index (Phi) is 7.68. The van der Waals surface area contributed by atoms with Gasteiger partial charge in [-0.2, -0.15) is 0 Å². The highest BCUT2D eigenvalue weighted by Gasteiger charge is 2.49. The van der Waals surface area contributed by atoms with E-state index in [-0.39, 0.29) is 11.7 Å². The van der Waals surface area contributed by atoms with Gasteiger partial charge in [0.15, 0.2) is 5.72 Å². The zero-order valence-corrected chi connectivity index (χ0v) is 21.1. The van der Waals surface area contributed by atoms with Crippen LogP contribution in [0, 0.1) is 12.8 Å². The number of carbonyl (C=O) groups is 1. The summed E-state index contributed by atoms with van der Waals surface area (Å²) in [4.78, 5) is 19.1. The topological polar surface area (TPSA) is 54.6 Å². The molecule has 2 fully saturated rings. The molecule has 2 atom stereocenters. The van der Waals surface area contributed by atoms with Gasteiger partial charge in [0.2, 0.25) is 0 Å². The van der Waals surface area contributed by atoms with E-state index in [4.69, 9.17) is 9.47 Å². The number of aromatic amines is 1. The molecular weight excluding hydrogens is 412 g/mol. The van der Waals surface area contributed by atoms with Crippen LogP contribution in [0.1, 0.15) is 100 Å². The van der Waals surface area contributed by atoms with Crippen LogP contribution >= 0.6 is 0 Å². The van der Waals surface area contributed by atoms with E-state index in [1.54, 1.807) is 0 Å². The number of carbonyl (C=O) groups excluding carboxylic acids is 1. The number of aryl methyl sites for hydroxylation is 2. The maximum Gasteiger partial charge on any atom is 0.340 e. The Morgan fingerprint density at radius 1 is 1.15 bits per heavy atom. The number of ether oxygens (including phenoxy) is 2. The Labute approximate surface area is 199 Å². The van der Waals surface area contributed by atoms with E-state index in [2.05, 4.69) is 22.0 Å². The first-order valence-corrected chi connectivity index (χ1v) is 13.4. The quantitative estimate of drug-likeness (QED) is 0.520. The minimum atomic E-state index is -0.216. The first kappa shape index (κ1) is 24.1. The van der Waals surface area contributed by atoms with Gasteiger partial charge >= 0.3 is 5.97 Å². The molecule has 0 saturated carbocycles. The molecule has 3 aliphatic rings. The van der Waals surface area contributed by atoms with Gasteiger partial charge in [0.05, 0.1) is 12.2 Å². The third-order valence-corrected chi connectivity index (χ3v) is 7.75. The SMILES string of the molecule is CC.CCCOC(=O)c1c(C)[nH]c2ccc3c(c12)CCC1CCCCN2CCCCCC12O3. The number of hydrogen-bond acceptors (Lipinski definition) is 4. The molecule has 3 aliphatic heterocycles. The molecule has 0 amide bonds. The number of H-pyrrole nitrogens is 1. The van der Waals surface area contributed by atoms with Crippen LogP contribution in [0.3, 0.4) is 0 Å². The number of aromatic nitrogens is 1. The summed E-state index contributed by atoms with van der Waals surface area (Å²) in [7, 11) is 0. The van der Waals surface area contributed by atoms with Crippen LogP contribution in [0.2, 0.25) is 0 Å². The van der Waals surface area contributed by atoms with Crippen molar-refractivity contribution in [1.29, 1.82) is 0 Å². The minimum absolute atomic E-state index is 0.180. The predicted octanol–water partition coefficient (Wildman–Crippen LogP) is 6.77. The Morgan fingerprint density at radius 2 is 1.94 bits per heavy atom. The number of nitrogens with one attached hydrogen (secondary N) is 1. The second-order valence-electron chi connectivity index (χ2n) is 9.70. The molecule has 0 radical (unpaired) electrons. The summed E-state index contributed by atoms with van der Waals surface area (Å²) >= 11 is 0. The van der Waals surface area contributed by atoms with Crippen molar-refractivity contribution < 1.29 is 14.3 Å². The Bertz CT molecular complexity index is 964. The molecule has 182 valence electrons. The summed E-state index contributed by atoms with van der Waals surface area (Å²) in [6.45, 7) is 10.7. The molecule has 4 heterocycles. The van der Waals surface area contributed by atoms with Crippen LogP contribution in [-0.2, 0) is 11.2 Å². The van der Waals surface area contributed by atoms with Crippen molar-refractivity contribution in [2.75, 3.05) is 19.7 Å². The minimum Gasteiger partial charge on any atom is -0.472 e. The fraction of sp³-hybridized carbons (Fsp3) is 0.679. The van der Waals surface area contributed by atoms with Gasteiger partial charge in [0.25, 0.3) is 0 Å². The van der Waals surface area contributed by atoms with E-state index in [9.17, 15) is 4.79 Å². The fourth-order valence-electron chi connectivity index (χ4n) is 6.30. The third kappa shape index (κ3) is 4.41. The summed E-state index contributed by atoms with van der Waals surface area (Å²) in [5.74, 6) is 1.31. The average molecular weight is 455 g/mol. The highest BCUT2D eigenvalue weighted by Crippen LogP contribution is 2.47. The van der Waals surface area contributed by atoms with E-state index < -0.39 is 0 Å². The highest BCUT2D eigenvalue weighted by molar-refractivity contribution is 6.07. The maximum absolute atomic E-state index is 12.9. The van der Waals surface area contributed by atoms with E-state index >= 15 is 0 Å². The zero-order chi connectivity index (χ0) is 23.4. The molecule has 1 aromatic heterocycles. The van der Waals surface area contributed by atoms with Crippen LogP contribution in [0.5, 0.6) is 5.75 Å². The molecule has 33 heavy (non-hydrogen) atoms. The molecule has 0 bridgehead atoms. The lowest BCUT2D eigenvalue weighted by molar-refractivity contribution is -0.122. The summed E-state index contributed by atoms with van der Waals surface area (Å²) in [6, 6.07) is 4.23. The van der Waals surface area contributed by atoms with Crippen molar-refractivity contribution in [3.63, 3.8) is 0 Å².